The zero-order valence-corrected chi connectivity index (χ0v) is 14.6. The molecule has 0 radical (unpaired) electrons. The molecule has 0 bridgehead atoms. The lowest BCUT2D eigenvalue weighted by Crippen LogP contribution is -2.38. The molecule has 24 heavy (non-hydrogen) atoms. The second kappa shape index (κ2) is 7.44. The summed E-state index contributed by atoms with van der Waals surface area (Å²) < 4.78 is 13.8. The zero-order chi connectivity index (χ0) is 17.7. The Bertz CT molecular complexity index is 729. The lowest BCUT2D eigenvalue weighted by Gasteiger charge is -2.23. The molecule has 0 aliphatic heterocycles. The second-order valence-electron chi connectivity index (χ2n) is 6.04. The van der Waals surface area contributed by atoms with Crippen molar-refractivity contribution in [3.63, 3.8) is 0 Å². The van der Waals surface area contributed by atoms with Crippen LogP contribution in [0.4, 0.5) is 20.6 Å². The Hall–Kier alpha value is -2.41. The zero-order valence-electron chi connectivity index (χ0n) is 13.8. The van der Waals surface area contributed by atoms with Crippen LogP contribution in [-0.4, -0.2) is 18.5 Å². The van der Waals surface area contributed by atoms with E-state index in [1.807, 2.05) is 31.4 Å². The Morgan fingerprint density at radius 1 is 1.21 bits per heavy atom. The van der Waals surface area contributed by atoms with Gasteiger partial charge < -0.3 is 16.0 Å². The Labute approximate surface area is 144 Å². The maximum absolute atomic E-state index is 13.8. The van der Waals surface area contributed by atoms with Gasteiger partial charge in [0.05, 0.1) is 5.69 Å². The van der Waals surface area contributed by atoms with Crippen LogP contribution in [-0.2, 0) is 10.2 Å². The third kappa shape index (κ3) is 4.79. The molecule has 0 atom stereocenters. The highest BCUT2D eigenvalue weighted by Crippen LogP contribution is 2.26. The summed E-state index contributed by atoms with van der Waals surface area (Å²) in [4.78, 5) is 24.2. The monoisotopic (exact) mass is 349 g/mol. The first-order chi connectivity index (χ1) is 11.3. The van der Waals surface area contributed by atoms with Crippen LogP contribution in [0.1, 0.15) is 25.6 Å². The van der Waals surface area contributed by atoms with Gasteiger partial charge in [0.1, 0.15) is 5.82 Å². The smallest absolute Gasteiger partial charge is 0.319 e. The number of benzene rings is 1. The molecule has 0 fully saturated rings. The molecular formula is C17H20FN3O2S. The van der Waals surface area contributed by atoms with Crippen molar-refractivity contribution in [1.29, 1.82) is 0 Å². The van der Waals surface area contributed by atoms with E-state index in [0.717, 1.165) is 4.88 Å². The molecule has 0 spiro atoms. The number of halogens is 1. The van der Waals surface area contributed by atoms with Crippen molar-refractivity contribution in [2.24, 2.45) is 0 Å². The molecule has 1 aromatic heterocycles. The number of anilines is 2. The van der Waals surface area contributed by atoms with Gasteiger partial charge in [-0.3, -0.25) is 4.79 Å². The minimum atomic E-state index is -0.572. The average molecular weight is 349 g/mol. The summed E-state index contributed by atoms with van der Waals surface area (Å²) in [5, 5.41) is 9.75. The summed E-state index contributed by atoms with van der Waals surface area (Å²) in [5.41, 5.74) is 0.202. The molecule has 2 aromatic rings. The molecule has 128 valence electrons. The summed E-state index contributed by atoms with van der Waals surface area (Å²) in [6.45, 7) is 5.82. The first kappa shape index (κ1) is 17.9. The summed E-state index contributed by atoms with van der Waals surface area (Å²) >= 11 is 1.62. The van der Waals surface area contributed by atoms with Gasteiger partial charge in [0, 0.05) is 29.4 Å². The van der Waals surface area contributed by atoms with Crippen LogP contribution < -0.4 is 16.0 Å². The number of rotatable bonds is 5. The molecule has 7 heteroatoms. The molecule has 0 saturated carbocycles. The number of hydrogen-bond donors (Lipinski definition) is 3. The first-order valence-electron chi connectivity index (χ1n) is 7.44. The lowest BCUT2D eigenvalue weighted by molar-refractivity contribution is -0.114. The third-order valence-corrected chi connectivity index (χ3v) is 4.65. The van der Waals surface area contributed by atoms with E-state index in [0.29, 0.717) is 12.2 Å². The standard InChI is InChI=1S/C17H20FN3O2S/c1-11(22)20-12-6-7-13(18)14(9-12)21-16(23)19-10-17(2,3)15-5-4-8-24-15/h4-9H,10H2,1-3H3,(H,20,22)(H2,19,21,23). The molecule has 5 nitrogen and oxygen atoms in total. The summed E-state index contributed by atoms with van der Waals surface area (Å²) in [6, 6.07) is 7.47. The van der Waals surface area contributed by atoms with Crippen molar-refractivity contribution >= 4 is 34.6 Å². The molecule has 0 unspecified atom stereocenters. The fraction of sp³-hybridized carbons (Fsp3) is 0.294. The molecule has 1 aromatic carbocycles. The molecule has 0 aliphatic carbocycles. The van der Waals surface area contributed by atoms with Crippen molar-refractivity contribution < 1.29 is 14.0 Å². The molecule has 3 N–H and O–H groups in total. The SMILES string of the molecule is CC(=O)Nc1ccc(F)c(NC(=O)NCC(C)(C)c2cccs2)c1. The minimum Gasteiger partial charge on any atom is -0.337 e. The number of nitrogens with one attached hydrogen (secondary N) is 3. The van der Waals surface area contributed by atoms with Crippen LogP contribution in [0.25, 0.3) is 0 Å². The van der Waals surface area contributed by atoms with Gasteiger partial charge in [-0.25, -0.2) is 9.18 Å². The van der Waals surface area contributed by atoms with Gasteiger partial charge in [-0.1, -0.05) is 19.9 Å². The maximum Gasteiger partial charge on any atom is 0.319 e. The van der Waals surface area contributed by atoms with Gasteiger partial charge in [0.15, 0.2) is 0 Å². The number of amides is 3. The highest BCUT2D eigenvalue weighted by molar-refractivity contribution is 7.10. The van der Waals surface area contributed by atoms with Crippen molar-refractivity contribution in [2.75, 3.05) is 17.2 Å². The van der Waals surface area contributed by atoms with E-state index in [1.54, 1.807) is 11.3 Å². The van der Waals surface area contributed by atoms with E-state index in [-0.39, 0.29) is 17.0 Å². The number of urea groups is 1. The molecule has 3 amide bonds. The molecule has 0 saturated heterocycles. The van der Waals surface area contributed by atoms with E-state index >= 15 is 0 Å². The molecule has 1 heterocycles. The van der Waals surface area contributed by atoms with Gasteiger partial charge in [-0.15, -0.1) is 11.3 Å². The predicted molar refractivity (Wildman–Crippen MR) is 95.1 cm³/mol. The van der Waals surface area contributed by atoms with E-state index < -0.39 is 11.8 Å². The Kier molecular flexibility index (Phi) is 5.56. The van der Waals surface area contributed by atoms with Crippen molar-refractivity contribution in [1.82, 2.24) is 5.32 Å². The van der Waals surface area contributed by atoms with Gasteiger partial charge in [-0.2, -0.15) is 0 Å². The van der Waals surface area contributed by atoms with Crippen LogP contribution >= 0.6 is 11.3 Å². The van der Waals surface area contributed by atoms with Crippen LogP contribution in [0.15, 0.2) is 35.7 Å². The topological polar surface area (TPSA) is 70.2 Å². The highest BCUT2D eigenvalue weighted by atomic mass is 32.1. The second-order valence-corrected chi connectivity index (χ2v) is 6.99. The third-order valence-electron chi connectivity index (χ3n) is 3.41. The number of thiophene rings is 1. The van der Waals surface area contributed by atoms with Crippen molar-refractivity contribution in [3.05, 3.63) is 46.4 Å². The summed E-state index contributed by atoms with van der Waals surface area (Å²) in [5.74, 6) is -0.841. The van der Waals surface area contributed by atoms with Gasteiger partial charge in [-0.05, 0) is 29.6 Å². The van der Waals surface area contributed by atoms with E-state index in [9.17, 15) is 14.0 Å². The predicted octanol–water partition coefficient (Wildman–Crippen LogP) is 3.94. The van der Waals surface area contributed by atoms with E-state index in [2.05, 4.69) is 16.0 Å². The fourth-order valence-electron chi connectivity index (χ4n) is 2.12. The molecular weight excluding hydrogens is 329 g/mol. The minimum absolute atomic E-state index is 0.00711. The lowest BCUT2D eigenvalue weighted by atomic mass is 9.91. The molecule has 2 rings (SSSR count). The largest absolute Gasteiger partial charge is 0.337 e. The number of carbonyl (C=O) groups excluding carboxylic acids is 2. The summed E-state index contributed by atoms with van der Waals surface area (Å²) in [7, 11) is 0. The molecule has 0 aliphatic rings. The Morgan fingerprint density at radius 3 is 2.58 bits per heavy atom. The van der Waals surface area contributed by atoms with E-state index in [4.69, 9.17) is 0 Å². The fourth-order valence-corrected chi connectivity index (χ4v) is 2.97. The number of carbonyl (C=O) groups is 2. The normalized spacial score (nSPS) is 11.0. The van der Waals surface area contributed by atoms with Crippen LogP contribution in [0.2, 0.25) is 0 Å². The van der Waals surface area contributed by atoms with Crippen LogP contribution in [0, 0.1) is 5.82 Å². The van der Waals surface area contributed by atoms with Gasteiger partial charge >= 0.3 is 6.03 Å². The Morgan fingerprint density at radius 2 is 1.96 bits per heavy atom. The highest BCUT2D eigenvalue weighted by Gasteiger charge is 2.22. The first-order valence-corrected chi connectivity index (χ1v) is 8.32. The van der Waals surface area contributed by atoms with Gasteiger partial charge in [0.2, 0.25) is 5.91 Å². The summed E-state index contributed by atoms with van der Waals surface area (Å²) in [6.07, 6.45) is 0. The van der Waals surface area contributed by atoms with Crippen LogP contribution in [0.5, 0.6) is 0 Å². The Balaban J connectivity index is 1.98. The van der Waals surface area contributed by atoms with E-state index in [1.165, 1.54) is 25.1 Å². The van der Waals surface area contributed by atoms with Crippen molar-refractivity contribution in [2.45, 2.75) is 26.2 Å². The average Bonchev–Trinajstić information content (AvgIpc) is 3.03. The van der Waals surface area contributed by atoms with Crippen LogP contribution in [0.3, 0.4) is 0 Å². The quantitative estimate of drug-likeness (QED) is 0.765. The van der Waals surface area contributed by atoms with Gasteiger partial charge in [0.25, 0.3) is 0 Å². The van der Waals surface area contributed by atoms with Crippen molar-refractivity contribution in [3.8, 4) is 0 Å². The number of hydrogen-bond acceptors (Lipinski definition) is 3. The maximum atomic E-state index is 13.8.